The molecule has 0 saturated carbocycles. The highest BCUT2D eigenvalue weighted by Crippen LogP contribution is 2.20. The fourth-order valence-corrected chi connectivity index (χ4v) is 3.26. The zero-order chi connectivity index (χ0) is 14.5. The van der Waals surface area contributed by atoms with Crippen molar-refractivity contribution in [3.63, 3.8) is 0 Å². The Morgan fingerprint density at radius 2 is 1.95 bits per heavy atom. The summed E-state index contributed by atoms with van der Waals surface area (Å²) in [6.45, 7) is 6.14. The third-order valence-corrected chi connectivity index (χ3v) is 4.87. The predicted molar refractivity (Wildman–Crippen MR) is 79.4 cm³/mol. The maximum absolute atomic E-state index is 12.4. The van der Waals surface area contributed by atoms with Crippen molar-refractivity contribution < 1.29 is 9.53 Å². The van der Waals surface area contributed by atoms with Crippen molar-refractivity contribution in [3.05, 3.63) is 0 Å². The number of hydrogen-bond acceptors (Lipinski definition) is 4. The zero-order valence-electron chi connectivity index (χ0n) is 12.9. The second-order valence-corrected chi connectivity index (χ2v) is 6.31. The first-order valence-corrected chi connectivity index (χ1v) is 7.88. The van der Waals surface area contributed by atoms with Crippen LogP contribution in [0, 0.1) is 5.92 Å². The van der Waals surface area contributed by atoms with E-state index < -0.39 is 0 Å². The minimum Gasteiger partial charge on any atom is -0.381 e. The average Bonchev–Trinajstić information content (AvgIpc) is 2.48. The number of piperidine rings is 2. The Labute approximate surface area is 122 Å². The van der Waals surface area contributed by atoms with E-state index in [9.17, 15) is 4.79 Å². The predicted octanol–water partition coefficient (Wildman–Crippen LogP) is 0.683. The van der Waals surface area contributed by atoms with Crippen molar-refractivity contribution in [2.24, 2.45) is 11.7 Å². The van der Waals surface area contributed by atoms with Crippen LogP contribution in [0.2, 0.25) is 0 Å². The first-order valence-electron chi connectivity index (χ1n) is 7.88. The van der Waals surface area contributed by atoms with E-state index in [1.807, 2.05) is 4.90 Å². The number of nitrogens with two attached hydrogens (primary N) is 1. The maximum Gasteiger partial charge on any atom is 0.236 e. The van der Waals surface area contributed by atoms with E-state index in [2.05, 4.69) is 11.8 Å². The first-order chi connectivity index (χ1) is 9.63. The SMILES string of the molecule is COC1CCN(CC(=O)N2CCC(C)CC2)C(CN)C1. The number of rotatable bonds is 4. The molecule has 0 aromatic rings. The molecule has 2 N–H and O–H groups in total. The van der Waals surface area contributed by atoms with Crippen LogP contribution in [0.1, 0.15) is 32.6 Å². The third kappa shape index (κ3) is 3.93. The van der Waals surface area contributed by atoms with Crippen molar-refractivity contribution in [3.8, 4) is 0 Å². The third-order valence-electron chi connectivity index (χ3n) is 4.87. The van der Waals surface area contributed by atoms with Gasteiger partial charge in [-0.3, -0.25) is 9.69 Å². The highest BCUT2D eigenvalue weighted by Gasteiger charge is 2.30. The first kappa shape index (κ1) is 15.7. The van der Waals surface area contributed by atoms with Crippen LogP contribution >= 0.6 is 0 Å². The van der Waals surface area contributed by atoms with Gasteiger partial charge in [0, 0.05) is 39.3 Å². The molecule has 2 aliphatic rings. The van der Waals surface area contributed by atoms with Gasteiger partial charge in [-0.15, -0.1) is 0 Å². The number of likely N-dealkylation sites (tertiary alicyclic amines) is 2. The minimum absolute atomic E-state index is 0.270. The molecule has 2 aliphatic heterocycles. The van der Waals surface area contributed by atoms with Gasteiger partial charge in [0.2, 0.25) is 5.91 Å². The zero-order valence-corrected chi connectivity index (χ0v) is 12.9. The number of hydrogen-bond donors (Lipinski definition) is 1. The number of ether oxygens (including phenoxy) is 1. The van der Waals surface area contributed by atoms with Crippen LogP contribution < -0.4 is 5.73 Å². The van der Waals surface area contributed by atoms with Gasteiger partial charge in [-0.1, -0.05) is 6.92 Å². The molecule has 1 amide bonds. The van der Waals surface area contributed by atoms with E-state index in [0.29, 0.717) is 19.2 Å². The summed E-state index contributed by atoms with van der Waals surface area (Å²) >= 11 is 0. The Morgan fingerprint density at radius 1 is 1.25 bits per heavy atom. The number of methoxy groups -OCH3 is 1. The van der Waals surface area contributed by atoms with Crippen molar-refractivity contribution in [1.82, 2.24) is 9.80 Å². The van der Waals surface area contributed by atoms with Gasteiger partial charge < -0.3 is 15.4 Å². The number of amides is 1. The van der Waals surface area contributed by atoms with E-state index in [4.69, 9.17) is 10.5 Å². The van der Waals surface area contributed by atoms with Gasteiger partial charge in [0.05, 0.1) is 12.6 Å². The smallest absolute Gasteiger partial charge is 0.236 e. The standard InChI is InChI=1S/C15H29N3O2/c1-12-3-6-17(7-4-12)15(19)11-18-8-5-14(20-2)9-13(18)10-16/h12-14H,3-11,16H2,1-2H3. The second kappa shape index (κ2) is 7.38. The topological polar surface area (TPSA) is 58.8 Å². The lowest BCUT2D eigenvalue weighted by molar-refractivity contribution is -0.135. The van der Waals surface area contributed by atoms with Crippen LogP contribution in [0.3, 0.4) is 0 Å². The minimum atomic E-state index is 0.270. The number of carbonyl (C=O) groups is 1. The molecule has 5 nitrogen and oxygen atoms in total. The van der Waals surface area contributed by atoms with E-state index in [1.165, 1.54) is 0 Å². The Balaban J connectivity index is 1.83. The van der Waals surface area contributed by atoms with Crippen LogP contribution in [0.15, 0.2) is 0 Å². The normalized spacial score (nSPS) is 29.6. The van der Waals surface area contributed by atoms with Gasteiger partial charge in [0.25, 0.3) is 0 Å². The highest BCUT2D eigenvalue weighted by molar-refractivity contribution is 5.78. The molecule has 0 aromatic heterocycles. The van der Waals surface area contributed by atoms with Crippen molar-refractivity contribution in [1.29, 1.82) is 0 Å². The molecular weight excluding hydrogens is 254 g/mol. The van der Waals surface area contributed by atoms with E-state index >= 15 is 0 Å². The molecule has 2 atom stereocenters. The molecule has 0 aliphatic carbocycles. The molecule has 20 heavy (non-hydrogen) atoms. The van der Waals surface area contributed by atoms with Gasteiger partial charge in [0.15, 0.2) is 0 Å². The van der Waals surface area contributed by atoms with Gasteiger partial charge >= 0.3 is 0 Å². The van der Waals surface area contributed by atoms with E-state index in [-0.39, 0.29) is 11.9 Å². The Bertz CT molecular complexity index is 316. The summed E-state index contributed by atoms with van der Waals surface area (Å²) in [5, 5.41) is 0. The Kier molecular flexibility index (Phi) is 5.81. The van der Waals surface area contributed by atoms with Crippen molar-refractivity contribution in [2.45, 2.75) is 44.8 Å². The van der Waals surface area contributed by atoms with Crippen LogP contribution in [0.5, 0.6) is 0 Å². The Hall–Kier alpha value is -0.650. The van der Waals surface area contributed by atoms with Gasteiger partial charge in [-0.2, -0.15) is 0 Å². The molecule has 0 aromatic carbocycles. The summed E-state index contributed by atoms with van der Waals surface area (Å²) < 4.78 is 5.43. The summed E-state index contributed by atoms with van der Waals surface area (Å²) in [5.74, 6) is 1.03. The summed E-state index contributed by atoms with van der Waals surface area (Å²) in [6, 6.07) is 0.279. The monoisotopic (exact) mass is 283 g/mol. The molecule has 0 bridgehead atoms. The van der Waals surface area contributed by atoms with Gasteiger partial charge in [0.1, 0.15) is 0 Å². The number of carbonyl (C=O) groups excluding carboxylic acids is 1. The summed E-state index contributed by atoms with van der Waals surface area (Å²) in [5.41, 5.74) is 5.86. The molecule has 2 saturated heterocycles. The Morgan fingerprint density at radius 3 is 2.55 bits per heavy atom. The molecule has 0 radical (unpaired) electrons. The lowest BCUT2D eigenvalue weighted by Crippen LogP contribution is -2.53. The molecule has 2 unspecified atom stereocenters. The largest absolute Gasteiger partial charge is 0.381 e. The van der Waals surface area contributed by atoms with Crippen molar-refractivity contribution >= 4 is 5.91 Å². The molecule has 2 rings (SSSR count). The van der Waals surface area contributed by atoms with Crippen molar-refractivity contribution in [2.75, 3.05) is 39.8 Å². The van der Waals surface area contributed by atoms with Crippen LogP contribution in [-0.2, 0) is 9.53 Å². The summed E-state index contributed by atoms with van der Waals surface area (Å²) in [6.07, 6.45) is 4.51. The quantitative estimate of drug-likeness (QED) is 0.824. The summed E-state index contributed by atoms with van der Waals surface area (Å²) in [4.78, 5) is 16.7. The maximum atomic E-state index is 12.4. The lowest BCUT2D eigenvalue weighted by Gasteiger charge is -2.39. The van der Waals surface area contributed by atoms with Gasteiger partial charge in [-0.25, -0.2) is 0 Å². The second-order valence-electron chi connectivity index (χ2n) is 6.31. The lowest BCUT2D eigenvalue weighted by atomic mass is 9.98. The van der Waals surface area contributed by atoms with E-state index in [1.54, 1.807) is 7.11 Å². The fraction of sp³-hybridized carbons (Fsp3) is 0.933. The highest BCUT2D eigenvalue weighted by atomic mass is 16.5. The van der Waals surface area contributed by atoms with Crippen LogP contribution in [0.4, 0.5) is 0 Å². The number of nitrogens with zero attached hydrogens (tertiary/aromatic N) is 2. The van der Waals surface area contributed by atoms with E-state index in [0.717, 1.165) is 51.2 Å². The fourth-order valence-electron chi connectivity index (χ4n) is 3.26. The average molecular weight is 283 g/mol. The molecule has 5 heteroatoms. The van der Waals surface area contributed by atoms with Crippen LogP contribution in [0.25, 0.3) is 0 Å². The van der Waals surface area contributed by atoms with Gasteiger partial charge in [-0.05, 0) is 31.6 Å². The molecule has 0 spiro atoms. The molecular formula is C15H29N3O2. The molecule has 2 fully saturated rings. The molecule has 2 heterocycles. The summed E-state index contributed by atoms with van der Waals surface area (Å²) in [7, 11) is 1.76. The molecule has 116 valence electrons. The van der Waals surface area contributed by atoms with Crippen LogP contribution in [-0.4, -0.2) is 67.7 Å².